The van der Waals surface area contributed by atoms with Gasteiger partial charge in [0.05, 0.1) is 12.9 Å². The van der Waals surface area contributed by atoms with E-state index in [1.54, 1.807) is 6.20 Å². The van der Waals surface area contributed by atoms with E-state index in [-0.39, 0.29) is 6.42 Å². The van der Waals surface area contributed by atoms with E-state index in [1.165, 1.54) is 13.3 Å². The number of nitrogens with two attached hydrogens (primary N) is 7. The number of unbranched alkanes of at least 4 members (excludes halogenated alkanes) is 1. The highest BCUT2D eigenvalue weighted by molar-refractivity contribution is 5.90. The number of fused-ring (bicyclic) bond motifs is 1. The third-order valence-corrected chi connectivity index (χ3v) is 7.15. The Morgan fingerprint density at radius 1 is 0.719 bits per heavy atom. The molecule has 0 spiro atoms. The summed E-state index contributed by atoms with van der Waals surface area (Å²) in [5.74, 6) is -5.19. The van der Waals surface area contributed by atoms with Crippen molar-refractivity contribution in [3.63, 3.8) is 0 Å². The van der Waals surface area contributed by atoms with Crippen molar-refractivity contribution in [3.8, 4) is 0 Å². The molecule has 0 aliphatic carbocycles. The molecular weight excluding hydrogens is 752 g/mol. The monoisotopic (exact) mass is 812 g/mol. The van der Waals surface area contributed by atoms with E-state index in [0.717, 1.165) is 35.0 Å². The largest absolute Gasteiger partial charge is 0.480 e. The number of aromatic amines is 2. The number of nitrogens with one attached hydrogen (secondary N) is 2. The van der Waals surface area contributed by atoms with Crippen molar-refractivity contribution in [1.82, 2.24) is 15.0 Å². The molecule has 1 aromatic carbocycles. The molecule has 0 radical (unpaired) electrons. The van der Waals surface area contributed by atoms with E-state index in [1.807, 2.05) is 44.3 Å². The van der Waals surface area contributed by atoms with Crippen LogP contribution >= 0.6 is 0 Å². The number of carbonyl (C=O) groups excluding carboxylic acids is 2. The van der Waals surface area contributed by atoms with E-state index in [9.17, 15) is 28.8 Å². The van der Waals surface area contributed by atoms with Crippen molar-refractivity contribution in [3.05, 3.63) is 54.2 Å². The first-order valence-electron chi connectivity index (χ1n) is 17.6. The minimum Gasteiger partial charge on any atom is -0.480 e. The SMILES string of the molecule is CC(C)C[C@H](N)C(=O)O.C[C@@H](N)C(=O)OC(=O)[C@@H](N)CCCCN.N[C@@H](Cc1cnc[nH]1)C(=O)O.N[C@H](CO)C(=O)O.N[C@H](Cc1c[nH]c2ccccc12)C(=O)O. The Kier molecular flexibility index (Phi) is 28.2. The Morgan fingerprint density at radius 3 is 1.68 bits per heavy atom. The summed E-state index contributed by atoms with van der Waals surface area (Å²) in [5, 5.41) is 42.4. The lowest BCUT2D eigenvalue weighted by atomic mass is 10.1. The van der Waals surface area contributed by atoms with Crippen LogP contribution in [0.1, 0.15) is 57.7 Å². The van der Waals surface area contributed by atoms with Crippen LogP contribution < -0.4 is 40.1 Å². The number of ether oxygens (including phenoxy) is 1. The van der Waals surface area contributed by atoms with Crippen LogP contribution in [0.25, 0.3) is 10.9 Å². The molecule has 0 bridgehead atoms. The number of esters is 2. The number of nitrogens with zero attached hydrogens (tertiary/aromatic N) is 1. The number of para-hydroxylation sites is 1. The maximum absolute atomic E-state index is 11.2. The minimum atomic E-state index is -1.18. The lowest BCUT2D eigenvalue weighted by molar-refractivity contribution is -0.161. The number of hydrogen-bond donors (Lipinski definition) is 14. The van der Waals surface area contributed by atoms with Gasteiger partial charge in [0.2, 0.25) is 0 Å². The molecule has 2 heterocycles. The number of carboxylic acids is 4. The van der Waals surface area contributed by atoms with Crippen LogP contribution in [0.3, 0.4) is 0 Å². The molecule has 0 aliphatic heterocycles. The smallest absolute Gasteiger partial charge is 0.330 e. The molecule has 322 valence electrons. The summed E-state index contributed by atoms with van der Waals surface area (Å²) in [7, 11) is 0. The Hall–Kier alpha value is -5.33. The molecule has 57 heavy (non-hydrogen) atoms. The van der Waals surface area contributed by atoms with Crippen LogP contribution in [0.15, 0.2) is 43.0 Å². The second-order valence-corrected chi connectivity index (χ2v) is 12.9. The summed E-state index contributed by atoms with van der Waals surface area (Å²) >= 11 is 0. The van der Waals surface area contributed by atoms with Gasteiger partial charge in [0.25, 0.3) is 0 Å². The summed E-state index contributed by atoms with van der Waals surface area (Å²) < 4.78 is 4.45. The lowest BCUT2D eigenvalue weighted by Crippen LogP contribution is -2.38. The molecule has 0 unspecified atom stereocenters. The number of carbonyl (C=O) groups is 6. The van der Waals surface area contributed by atoms with Gasteiger partial charge in [0.1, 0.15) is 36.3 Å². The van der Waals surface area contributed by atoms with Crippen LogP contribution in [0, 0.1) is 5.92 Å². The number of hydrogen-bond acceptors (Lipinski definition) is 16. The van der Waals surface area contributed by atoms with Crippen molar-refractivity contribution < 1.29 is 59.0 Å². The molecule has 22 heteroatoms. The molecule has 21 N–H and O–H groups in total. The summed E-state index contributed by atoms with van der Waals surface area (Å²) in [6.45, 7) is 5.39. The lowest BCUT2D eigenvalue weighted by Gasteiger charge is -2.10. The molecule has 3 aromatic rings. The van der Waals surface area contributed by atoms with E-state index >= 15 is 0 Å². The highest BCUT2D eigenvalue weighted by Gasteiger charge is 2.20. The fourth-order valence-corrected chi connectivity index (χ4v) is 3.93. The third kappa shape index (κ3) is 25.5. The van der Waals surface area contributed by atoms with Crippen molar-refractivity contribution >= 4 is 46.7 Å². The second kappa shape index (κ2) is 29.9. The van der Waals surface area contributed by atoms with Crippen molar-refractivity contribution in [1.29, 1.82) is 0 Å². The number of benzene rings is 1. The fourth-order valence-electron chi connectivity index (χ4n) is 3.93. The van der Waals surface area contributed by atoms with Gasteiger partial charge < -0.3 is 80.4 Å². The van der Waals surface area contributed by atoms with Crippen LogP contribution in [0.4, 0.5) is 0 Å². The average Bonchev–Trinajstić information content (AvgIpc) is 3.82. The van der Waals surface area contributed by atoms with E-state index in [2.05, 4.69) is 19.7 Å². The highest BCUT2D eigenvalue weighted by Crippen LogP contribution is 2.18. The first-order chi connectivity index (χ1) is 26.6. The minimum absolute atomic E-state index is 0.287. The zero-order valence-electron chi connectivity index (χ0n) is 32.3. The van der Waals surface area contributed by atoms with Gasteiger partial charge in [-0.05, 0) is 50.3 Å². The molecular formula is C35H60N10O12. The number of rotatable bonds is 17. The number of H-pyrrole nitrogens is 2. The Morgan fingerprint density at radius 2 is 1.26 bits per heavy atom. The summed E-state index contributed by atoms with van der Waals surface area (Å²) in [6, 6.07) is 2.65. The first-order valence-corrected chi connectivity index (χ1v) is 17.6. The van der Waals surface area contributed by atoms with E-state index < -0.39 is 78.7 Å². The Labute approximate surface area is 329 Å². The number of aliphatic carboxylic acids is 4. The van der Waals surface area contributed by atoms with Crippen molar-refractivity contribution in [2.24, 2.45) is 46.1 Å². The van der Waals surface area contributed by atoms with Crippen LogP contribution in [0.5, 0.6) is 0 Å². The molecule has 0 fully saturated rings. The molecule has 22 nitrogen and oxygen atoms in total. The van der Waals surface area contributed by atoms with E-state index in [4.69, 9.17) is 65.7 Å². The molecule has 6 atom stereocenters. The predicted molar refractivity (Wildman–Crippen MR) is 209 cm³/mol. The molecule has 0 amide bonds. The van der Waals surface area contributed by atoms with Gasteiger partial charge in [0, 0.05) is 41.8 Å². The number of imidazole rings is 1. The third-order valence-electron chi connectivity index (χ3n) is 7.15. The summed E-state index contributed by atoms with van der Waals surface area (Å²) in [6.07, 6.45) is 8.04. The van der Waals surface area contributed by atoms with Gasteiger partial charge >= 0.3 is 35.8 Å². The Balaban J connectivity index is 0. The van der Waals surface area contributed by atoms with Gasteiger partial charge in [0.15, 0.2) is 0 Å². The highest BCUT2D eigenvalue weighted by atomic mass is 16.6. The van der Waals surface area contributed by atoms with Crippen molar-refractivity contribution in [2.75, 3.05) is 13.2 Å². The first kappa shape index (κ1) is 53.8. The van der Waals surface area contributed by atoms with Crippen LogP contribution in [-0.4, -0.2) is 126 Å². The number of aliphatic hydroxyl groups is 1. The molecule has 3 rings (SSSR count). The van der Waals surface area contributed by atoms with Gasteiger partial charge in [-0.2, -0.15) is 0 Å². The zero-order valence-corrected chi connectivity index (χ0v) is 32.3. The average molecular weight is 813 g/mol. The van der Waals surface area contributed by atoms with Gasteiger partial charge in [-0.3, -0.25) is 19.2 Å². The Bertz CT molecular complexity index is 1620. The van der Waals surface area contributed by atoms with Gasteiger partial charge in [-0.15, -0.1) is 0 Å². The normalized spacial score (nSPS) is 13.5. The van der Waals surface area contributed by atoms with Gasteiger partial charge in [-0.1, -0.05) is 38.5 Å². The van der Waals surface area contributed by atoms with Crippen molar-refractivity contribution in [2.45, 2.75) is 95.5 Å². The molecule has 2 aromatic heterocycles. The van der Waals surface area contributed by atoms with Gasteiger partial charge in [-0.25, -0.2) is 14.6 Å². The van der Waals surface area contributed by atoms with Crippen LogP contribution in [0.2, 0.25) is 0 Å². The number of carboxylic acid groups (broad SMARTS) is 4. The molecule has 0 saturated carbocycles. The summed E-state index contributed by atoms with van der Waals surface area (Å²) in [4.78, 5) is 72.4. The number of aromatic nitrogens is 3. The molecule has 0 saturated heterocycles. The predicted octanol–water partition coefficient (Wildman–Crippen LogP) is -1.82. The van der Waals surface area contributed by atoms with Crippen LogP contribution in [-0.2, 0) is 46.3 Å². The second-order valence-electron chi connectivity index (χ2n) is 12.9. The summed E-state index contributed by atoms with van der Waals surface area (Å²) in [5.41, 5.74) is 39.4. The van der Waals surface area contributed by atoms with E-state index in [0.29, 0.717) is 31.7 Å². The standard InChI is InChI=1S/C11H12N2O2.C9H19N3O3.C6H9N3O2.C6H13NO2.C3H7NO3/c12-9(11(14)15)5-7-6-13-10-4-2-1-3-8(7)10;1-6(11)8(13)15-9(14)7(12)4-2-3-5-10;7-5(6(10)11)1-4-2-8-3-9-4;1-4(2)3-5(7)6(8)9;4-2(1-5)3(6)7/h1-4,6,9,13H,5,12H2,(H,14,15);6-7H,2-5,10-12H2,1H3;2-3,5H,1,7H2,(H,8,9)(H,10,11);4-5H,3,7H2,1-2H3,(H,8,9);2,5H,1,4H2,(H,6,7)/t9-;6-,7+;2*5-;2-/m11001/s1. The quantitative estimate of drug-likeness (QED) is 0.0405. The maximum Gasteiger partial charge on any atom is 0.330 e. The molecule has 0 aliphatic rings. The number of aliphatic hydroxyl groups excluding tert-OH is 1. The topological polar surface area (TPSA) is 439 Å². The maximum atomic E-state index is 11.2. The fraction of sp³-hybridized carbons (Fsp3) is 0.514. The zero-order chi connectivity index (χ0) is 44.2.